The predicted octanol–water partition coefficient (Wildman–Crippen LogP) is 4.05. The summed E-state index contributed by atoms with van der Waals surface area (Å²) in [5.74, 6) is 0.553. The average Bonchev–Trinajstić information content (AvgIpc) is 3.18. The standard InChI is InChI=1S/C18H14F3N5/c1-25-10-13(9-23-25)11-5-12(8-22-7-11)17-24-15-6-14(18(19,20)21)3-4-16(15)26(17)2/h3-10H,1-2H3. The van der Waals surface area contributed by atoms with Crippen molar-refractivity contribution < 1.29 is 13.2 Å². The molecule has 0 unspecified atom stereocenters. The number of alkyl halides is 3. The van der Waals surface area contributed by atoms with Crippen LogP contribution in [0.15, 0.2) is 49.1 Å². The smallest absolute Gasteiger partial charge is 0.327 e. The first-order valence-corrected chi connectivity index (χ1v) is 7.81. The van der Waals surface area contributed by atoms with Crippen LogP contribution in [0.25, 0.3) is 33.5 Å². The highest BCUT2D eigenvalue weighted by molar-refractivity contribution is 5.82. The third kappa shape index (κ3) is 2.73. The van der Waals surface area contributed by atoms with E-state index in [9.17, 15) is 13.2 Å². The number of halogens is 3. The van der Waals surface area contributed by atoms with Crippen molar-refractivity contribution in [3.8, 4) is 22.5 Å². The van der Waals surface area contributed by atoms with Crippen LogP contribution in [0, 0.1) is 0 Å². The maximum atomic E-state index is 12.9. The molecule has 4 aromatic rings. The topological polar surface area (TPSA) is 48.5 Å². The lowest BCUT2D eigenvalue weighted by Gasteiger charge is -2.06. The number of imidazole rings is 1. The molecule has 0 N–H and O–H groups in total. The molecule has 3 heterocycles. The summed E-state index contributed by atoms with van der Waals surface area (Å²) in [5, 5.41) is 4.14. The zero-order valence-corrected chi connectivity index (χ0v) is 14.0. The van der Waals surface area contributed by atoms with Gasteiger partial charge in [0, 0.05) is 49.4 Å². The Bertz CT molecular complexity index is 1110. The molecule has 5 nitrogen and oxygen atoms in total. The summed E-state index contributed by atoms with van der Waals surface area (Å²) in [5.41, 5.74) is 2.69. The summed E-state index contributed by atoms with van der Waals surface area (Å²) in [6, 6.07) is 5.47. The number of hydrogen-bond donors (Lipinski definition) is 0. The summed E-state index contributed by atoms with van der Waals surface area (Å²) in [7, 11) is 3.60. The van der Waals surface area contributed by atoms with E-state index in [1.54, 1.807) is 34.9 Å². The Morgan fingerprint density at radius 2 is 1.69 bits per heavy atom. The Balaban J connectivity index is 1.83. The van der Waals surface area contributed by atoms with Gasteiger partial charge in [-0.05, 0) is 24.3 Å². The van der Waals surface area contributed by atoms with Gasteiger partial charge in [0.15, 0.2) is 0 Å². The highest BCUT2D eigenvalue weighted by atomic mass is 19.4. The Labute approximate surface area is 146 Å². The molecule has 0 saturated heterocycles. The van der Waals surface area contributed by atoms with Gasteiger partial charge in [-0.25, -0.2) is 4.98 Å². The number of pyridine rings is 1. The molecule has 4 rings (SSSR count). The Hall–Kier alpha value is -3.16. The van der Waals surface area contributed by atoms with Gasteiger partial charge in [0.05, 0.1) is 22.8 Å². The van der Waals surface area contributed by atoms with E-state index in [4.69, 9.17) is 0 Å². The average molecular weight is 357 g/mol. The monoisotopic (exact) mass is 357 g/mol. The molecule has 132 valence electrons. The van der Waals surface area contributed by atoms with Gasteiger partial charge < -0.3 is 4.57 Å². The molecule has 0 fully saturated rings. The first kappa shape index (κ1) is 16.3. The molecule has 0 atom stereocenters. The predicted molar refractivity (Wildman–Crippen MR) is 91.1 cm³/mol. The summed E-state index contributed by atoms with van der Waals surface area (Å²) in [4.78, 5) is 8.64. The summed E-state index contributed by atoms with van der Waals surface area (Å²) in [6.45, 7) is 0. The molecule has 3 aromatic heterocycles. The minimum Gasteiger partial charge on any atom is -0.327 e. The fraction of sp³-hybridized carbons (Fsp3) is 0.167. The third-order valence-electron chi connectivity index (χ3n) is 4.24. The highest BCUT2D eigenvalue weighted by Gasteiger charge is 2.31. The van der Waals surface area contributed by atoms with Crippen LogP contribution >= 0.6 is 0 Å². The van der Waals surface area contributed by atoms with Gasteiger partial charge in [0.25, 0.3) is 0 Å². The van der Waals surface area contributed by atoms with E-state index in [0.717, 1.165) is 28.8 Å². The molecule has 0 radical (unpaired) electrons. The van der Waals surface area contributed by atoms with Crippen molar-refractivity contribution in [3.05, 3.63) is 54.6 Å². The number of benzene rings is 1. The number of hydrogen-bond acceptors (Lipinski definition) is 3. The van der Waals surface area contributed by atoms with Gasteiger partial charge in [-0.3, -0.25) is 9.67 Å². The van der Waals surface area contributed by atoms with E-state index in [1.807, 2.05) is 19.3 Å². The third-order valence-corrected chi connectivity index (χ3v) is 4.24. The number of nitrogens with zero attached hydrogens (tertiary/aromatic N) is 5. The van der Waals surface area contributed by atoms with E-state index in [-0.39, 0.29) is 0 Å². The highest BCUT2D eigenvalue weighted by Crippen LogP contribution is 2.33. The zero-order chi connectivity index (χ0) is 18.5. The van der Waals surface area contributed by atoms with Crippen molar-refractivity contribution in [2.24, 2.45) is 14.1 Å². The van der Waals surface area contributed by atoms with E-state index >= 15 is 0 Å². The Morgan fingerprint density at radius 3 is 2.38 bits per heavy atom. The molecule has 0 spiro atoms. The molecular formula is C18H14F3N5. The van der Waals surface area contributed by atoms with Gasteiger partial charge in [-0.2, -0.15) is 18.3 Å². The van der Waals surface area contributed by atoms with E-state index in [2.05, 4.69) is 15.1 Å². The fourth-order valence-corrected chi connectivity index (χ4v) is 2.92. The zero-order valence-electron chi connectivity index (χ0n) is 14.0. The normalized spacial score (nSPS) is 12.0. The van der Waals surface area contributed by atoms with Crippen molar-refractivity contribution in [2.75, 3.05) is 0 Å². The molecule has 0 aliphatic heterocycles. The van der Waals surface area contributed by atoms with Crippen molar-refractivity contribution >= 4 is 11.0 Å². The molecule has 0 aliphatic carbocycles. The Morgan fingerprint density at radius 1 is 0.923 bits per heavy atom. The molecule has 26 heavy (non-hydrogen) atoms. The second-order valence-electron chi connectivity index (χ2n) is 6.06. The van der Waals surface area contributed by atoms with Crippen LogP contribution in [-0.4, -0.2) is 24.3 Å². The van der Waals surface area contributed by atoms with Crippen molar-refractivity contribution in [2.45, 2.75) is 6.18 Å². The second kappa shape index (κ2) is 5.69. The molecule has 0 aliphatic rings. The lowest BCUT2D eigenvalue weighted by atomic mass is 10.1. The SMILES string of the molecule is Cn1cc(-c2cncc(-c3nc4cc(C(F)(F)F)ccc4n3C)c2)cn1. The molecule has 0 amide bonds. The van der Waals surface area contributed by atoms with Crippen LogP contribution in [0.3, 0.4) is 0 Å². The fourth-order valence-electron chi connectivity index (χ4n) is 2.92. The molecule has 8 heteroatoms. The van der Waals surface area contributed by atoms with Crippen LogP contribution in [0.4, 0.5) is 13.2 Å². The summed E-state index contributed by atoms with van der Waals surface area (Å²) < 4.78 is 42.3. The first-order chi connectivity index (χ1) is 12.3. The second-order valence-corrected chi connectivity index (χ2v) is 6.06. The Kier molecular flexibility index (Phi) is 3.57. The van der Waals surface area contributed by atoms with Crippen molar-refractivity contribution in [1.82, 2.24) is 24.3 Å². The van der Waals surface area contributed by atoms with Gasteiger partial charge in [0.2, 0.25) is 0 Å². The van der Waals surface area contributed by atoms with E-state index in [0.29, 0.717) is 16.9 Å². The number of aromatic nitrogens is 5. The van der Waals surface area contributed by atoms with Gasteiger partial charge in [-0.1, -0.05) is 0 Å². The summed E-state index contributed by atoms with van der Waals surface area (Å²) in [6.07, 6.45) is 2.56. The minimum absolute atomic E-state index is 0.295. The quantitative estimate of drug-likeness (QED) is 0.544. The van der Waals surface area contributed by atoms with Crippen LogP contribution < -0.4 is 0 Å². The molecule has 0 saturated carbocycles. The number of rotatable bonds is 2. The van der Waals surface area contributed by atoms with Crippen molar-refractivity contribution in [1.29, 1.82) is 0 Å². The molecule has 1 aromatic carbocycles. The maximum Gasteiger partial charge on any atom is 0.416 e. The maximum absolute atomic E-state index is 12.9. The van der Waals surface area contributed by atoms with Crippen LogP contribution in [0.2, 0.25) is 0 Å². The minimum atomic E-state index is -4.40. The molecule has 0 bridgehead atoms. The number of aryl methyl sites for hydroxylation is 2. The van der Waals surface area contributed by atoms with Crippen LogP contribution in [0.5, 0.6) is 0 Å². The lowest BCUT2D eigenvalue weighted by molar-refractivity contribution is -0.137. The van der Waals surface area contributed by atoms with Crippen molar-refractivity contribution in [3.63, 3.8) is 0 Å². The summed E-state index contributed by atoms with van der Waals surface area (Å²) >= 11 is 0. The number of fused-ring (bicyclic) bond motifs is 1. The first-order valence-electron chi connectivity index (χ1n) is 7.81. The van der Waals surface area contributed by atoms with Gasteiger partial charge in [0.1, 0.15) is 5.82 Å². The van der Waals surface area contributed by atoms with E-state index < -0.39 is 11.7 Å². The van der Waals surface area contributed by atoms with Crippen LogP contribution in [-0.2, 0) is 20.3 Å². The largest absolute Gasteiger partial charge is 0.416 e. The van der Waals surface area contributed by atoms with Gasteiger partial charge in [-0.15, -0.1) is 0 Å². The van der Waals surface area contributed by atoms with Gasteiger partial charge >= 0.3 is 6.18 Å². The van der Waals surface area contributed by atoms with E-state index in [1.165, 1.54) is 6.07 Å². The molecular weight excluding hydrogens is 343 g/mol. The van der Waals surface area contributed by atoms with Crippen LogP contribution in [0.1, 0.15) is 5.56 Å². The lowest BCUT2D eigenvalue weighted by Crippen LogP contribution is -2.04.